The van der Waals surface area contributed by atoms with Crippen LogP contribution < -0.4 is 10.1 Å². The van der Waals surface area contributed by atoms with Crippen LogP contribution in [0.2, 0.25) is 0 Å². The van der Waals surface area contributed by atoms with Crippen LogP contribution >= 0.6 is 0 Å². The molecule has 6 heteroatoms. The largest absolute Gasteiger partial charge is 0.477 e. The van der Waals surface area contributed by atoms with E-state index in [0.717, 1.165) is 25.7 Å². The number of esters is 1. The number of pyridine rings is 1. The highest BCUT2D eigenvalue weighted by Crippen LogP contribution is 2.18. The van der Waals surface area contributed by atoms with Crippen LogP contribution in [0.15, 0.2) is 18.3 Å². The van der Waals surface area contributed by atoms with Crippen LogP contribution in [0, 0.1) is 0 Å². The monoisotopic (exact) mass is 320 g/mol. The lowest BCUT2D eigenvalue weighted by Crippen LogP contribution is -2.42. The standard InChI is InChI=1S/C17H24N2O4/c1-3-22-16-14(10-7-11-18-16)17(21)23-12(2)15(20)19-13-8-5-4-6-9-13/h7,10-13H,3-6,8-9H2,1-2H3,(H,19,20)/t12-/m1/s1. The summed E-state index contributed by atoms with van der Waals surface area (Å²) in [6, 6.07) is 3.40. The van der Waals surface area contributed by atoms with E-state index in [1.165, 1.54) is 6.42 Å². The molecule has 0 spiro atoms. The van der Waals surface area contributed by atoms with Crippen molar-refractivity contribution in [3.63, 3.8) is 0 Å². The molecule has 1 amide bonds. The number of hydrogen-bond donors (Lipinski definition) is 1. The van der Waals surface area contributed by atoms with Crippen LogP contribution in [-0.4, -0.2) is 35.6 Å². The SMILES string of the molecule is CCOc1ncccc1C(=O)O[C@H](C)C(=O)NC1CCCCC1. The predicted molar refractivity (Wildman–Crippen MR) is 85.3 cm³/mol. The number of rotatable bonds is 6. The molecule has 0 bridgehead atoms. The number of carbonyl (C=O) groups excluding carboxylic acids is 2. The fourth-order valence-electron chi connectivity index (χ4n) is 2.64. The molecule has 0 unspecified atom stereocenters. The molecule has 1 aromatic rings. The van der Waals surface area contributed by atoms with E-state index < -0.39 is 12.1 Å². The third-order valence-electron chi connectivity index (χ3n) is 3.88. The lowest BCUT2D eigenvalue weighted by Gasteiger charge is -2.24. The molecule has 1 saturated carbocycles. The Bertz CT molecular complexity index is 541. The van der Waals surface area contributed by atoms with Gasteiger partial charge in [0, 0.05) is 12.2 Å². The van der Waals surface area contributed by atoms with E-state index in [4.69, 9.17) is 9.47 Å². The van der Waals surface area contributed by atoms with Gasteiger partial charge >= 0.3 is 5.97 Å². The van der Waals surface area contributed by atoms with Crippen LogP contribution in [0.25, 0.3) is 0 Å². The second-order valence-electron chi connectivity index (χ2n) is 5.68. The maximum absolute atomic E-state index is 12.2. The molecule has 0 aliphatic heterocycles. The second-order valence-corrected chi connectivity index (χ2v) is 5.68. The minimum atomic E-state index is -0.848. The molecule has 1 aliphatic rings. The predicted octanol–water partition coefficient (Wildman–Crippen LogP) is 2.47. The third kappa shape index (κ3) is 4.94. The first-order valence-corrected chi connectivity index (χ1v) is 8.21. The van der Waals surface area contributed by atoms with E-state index in [9.17, 15) is 9.59 Å². The smallest absolute Gasteiger partial charge is 0.344 e. The number of hydrogen-bond acceptors (Lipinski definition) is 5. The maximum atomic E-state index is 12.2. The molecule has 126 valence electrons. The number of ether oxygens (including phenoxy) is 2. The van der Waals surface area contributed by atoms with E-state index >= 15 is 0 Å². The van der Waals surface area contributed by atoms with Crippen LogP contribution in [0.5, 0.6) is 5.88 Å². The summed E-state index contributed by atoms with van der Waals surface area (Å²) >= 11 is 0. The Kier molecular flexibility index (Phi) is 6.38. The molecule has 0 saturated heterocycles. The van der Waals surface area contributed by atoms with Crippen molar-refractivity contribution in [1.82, 2.24) is 10.3 Å². The molecule has 1 fully saturated rings. The van der Waals surface area contributed by atoms with Crippen molar-refractivity contribution in [2.45, 2.75) is 58.1 Å². The lowest BCUT2D eigenvalue weighted by molar-refractivity contribution is -0.130. The summed E-state index contributed by atoms with van der Waals surface area (Å²) in [4.78, 5) is 28.4. The van der Waals surface area contributed by atoms with Gasteiger partial charge in [0.1, 0.15) is 5.56 Å². The van der Waals surface area contributed by atoms with Gasteiger partial charge in [-0.3, -0.25) is 4.79 Å². The van der Waals surface area contributed by atoms with Crippen molar-refractivity contribution >= 4 is 11.9 Å². The van der Waals surface area contributed by atoms with Crippen molar-refractivity contribution < 1.29 is 19.1 Å². The lowest BCUT2D eigenvalue weighted by atomic mass is 9.95. The molecule has 23 heavy (non-hydrogen) atoms. The van der Waals surface area contributed by atoms with Gasteiger partial charge < -0.3 is 14.8 Å². The van der Waals surface area contributed by atoms with Gasteiger partial charge in [-0.15, -0.1) is 0 Å². The molecule has 2 rings (SSSR count). The van der Waals surface area contributed by atoms with Gasteiger partial charge in [0.05, 0.1) is 6.61 Å². The first-order valence-electron chi connectivity index (χ1n) is 8.21. The minimum Gasteiger partial charge on any atom is -0.477 e. The summed E-state index contributed by atoms with van der Waals surface area (Å²) in [5, 5.41) is 2.95. The average Bonchev–Trinajstić information content (AvgIpc) is 2.56. The van der Waals surface area contributed by atoms with Gasteiger partial charge in [-0.25, -0.2) is 9.78 Å². The van der Waals surface area contributed by atoms with Gasteiger partial charge in [-0.2, -0.15) is 0 Å². The van der Waals surface area contributed by atoms with Gasteiger partial charge in [0.15, 0.2) is 6.10 Å². The molecular weight excluding hydrogens is 296 g/mol. The molecule has 1 aromatic heterocycles. The number of carbonyl (C=O) groups is 2. The van der Waals surface area contributed by atoms with Gasteiger partial charge in [0.25, 0.3) is 5.91 Å². The Labute approximate surface area is 136 Å². The summed E-state index contributed by atoms with van der Waals surface area (Å²) in [5.41, 5.74) is 0.228. The Morgan fingerprint density at radius 1 is 1.35 bits per heavy atom. The fraction of sp³-hybridized carbons (Fsp3) is 0.588. The van der Waals surface area contributed by atoms with E-state index in [1.54, 1.807) is 25.3 Å². The highest BCUT2D eigenvalue weighted by Gasteiger charge is 2.24. The zero-order valence-corrected chi connectivity index (χ0v) is 13.7. The highest BCUT2D eigenvalue weighted by atomic mass is 16.5. The minimum absolute atomic E-state index is 0.190. The van der Waals surface area contributed by atoms with Crippen molar-refractivity contribution in [1.29, 1.82) is 0 Å². The number of nitrogens with zero attached hydrogens (tertiary/aromatic N) is 1. The second kappa shape index (κ2) is 8.50. The Morgan fingerprint density at radius 3 is 2.78 bits per heavy atom. The first kappa shape index (κ1) is 17.2. The highest BCUT2D eigenvalue weighted by molar-refractivity contribution is 5.94. The molecular formula is C17H24N2O4. The van der Waals surface area contributed by atoms with Gasteiger partial charge in [-0.1, -0.05) is 19.3 Å². The molecule has 1 aliphatic carbocycles. The number of aromatic nitrogens is 1. The van der Waals surface area contributed by atoms with Gasteiger partial charge in [0.2, 0.25) is 5.88 Å². The van der Waals surface area contributed by atoms with E-state index in [-0.39, 0.29) is 23.4 Å². The molecule has 0 aromatic carbocycles. The fourth-order valence-corrected chi connectivity index (χ4v) is 2.64. The van der Waals surface area contributed by atoms with Crippen molar-refractivity contribution in [2.75, 3.05) is 6.61 Å². The molecule has 1 atom stereocenters. The summed E-state index contributed by atoms with van der Waals surface area (Å²) in [6.07, 6.45) is 6.16. The summed E-state index contributed by atoms with van der Waals surface area (Å²) in [5.74, 6) is -0.639. The summed E-state index contributed by atoms with van der Waals surface area (Å²) in [7, 11) is 0. The van der Waals surface area contributed by atoms with Crippen LogP contribution in [0.1, 0.15) is 56.3 Å². The first-order chi connectivity index (χ1) is 11.1. The maximum Gasteiger partial charge on any atom is 0.344 e. The van der Waals surface area contributed by atoms with Crippen molar-refractivity contribution in [3.8, 4) is 5.88 Å². The zero-order valence-electron chi connectivity index (χ0n) is 13.7. The summed E-state index contributed by atoms with van der Waals surface area (Å²) in [6.45, 7) is 3.78. The van der Waals surface area contributed by atoms with Crippen molar-refractivity contribution in [2.24, 2.45) is 0 Å². The van der Waals surface area contributed by atoms with E-state index in [0.29, 0.717) is 6.61 Å². The van der Waals surface area contributed by atoms with Crippen LogP contribution in [0.4, 0.5) is 0 Å². The van der Waals surface area contributed by atoms with Gasteiger partial charge in [-0.05, 0) is 38.8 Å². The Balaban J connectivity index is 1.92. The van der Waals surface area contributed by atoms with E-state index in [2.05, 4.69) is 10.3 Å². The van der Waals surface area contributed by atoms with Crippen LogP contribution in [0.3, 0.4) is 0 Å². The Hall–Kier alpha value is -2.11. The molecule has 1 N–H and O–H groups in total. The topological polar surface area (TPSA) is 77.5 Å². The average molecular weight is 320 g/mol. The third-order valence-corrected chi connectivity index (χ3v) is 3.88. The molecule has 6 nitrogen and oxygen atoms in total. The van der Waals surface area contributed by atoms with E-state index in [1.807, 2.05) is 6.92 Å². The zero-order chi connectivity index (χ0) is 16.7. The van der Waals surface area contributed by atoms with Crippen LogP contribution in [-0.2, 0) is 9.53 Å². The summed E-state index contributed by atoms with van der Waals surface area (Å²) < 4.78 is 10.6. The number of nitrogens with one attached hydrogen (secondary N) is 1. The quantitative estimate of drug-likeness (QED) is 0.815. The molecule has 1 heterocycles. The van der Waals surface area contributed by atoms with Crippen molar-refractivity contribution in [3.05, 3.63) is 23.9 Å². The number of amides is 1. The Morgan fingerprint density at radius 2 is 2.09 bits per heavy atom. The molecule has 0 radical (unpaired) electrons. The normalized spacial score (nSPS) is 16.4.